The van der Waals surface area contributed by atoms with Crippen LogP contribution in [0.1, 0.15) is 85.0 Å². The quantitative estimate of drug-likeness (QED) is 0.698. The molecule has 0 amide bonds. The van der Waals surface area contributed by atoms with Gasteiger partial charge in [-0.05, 0) is 89.7 Å². The van der Waals surface area contributed by atoms with Crippen molar-refractivity contribution in [3.05, 3.63) is 70.3 Å². The first-order valence-corrected chi connectivity index (χ1v) is 10.2. The molecule has 27 heavy (non-hydrogen) atoms. The van der Waals surface area contributed by atoms with Crippen LogP contribution in [0, 0.1) is 5.41 Å². The monoisotopic (exact) mass is 362 g/mol. The van der Waals surface area contributed by atoms with Crippen LogP contribution in [0.15, 0.2) is 42.5 Å². The van der Waals surface area contributed by atoms with E-state index in [0.717, 1.165) is 12.8 Å². The first kappa shape index (κ1) is 18.3. The zero-order valence-corrected chi connectivity index (χ0v) is 16.7. The number of carboxylic acid groups (broad SMARTS) is 1. The molecule has 0 unspecified atom stereocenters. The normalized spacial score (nSPS) is 24.8. The summed E-state index contributed by atoms with van der Waals surface area (Å²) in [6, 6.07) is 15.0. The fourth-order valence-electron chi connectivity index (χ4n) is 5.14. The maximum atomic E-state index is 11.3. The van der Waals surface area contributed by atoms with Gasteiger partial charge in [-0.1, -0.05) is 51.1 Å². The van der Waals surface area contributed by atoms with E-state index < -0.39 is 5.97 Å². The van der Waals surface area contributed by atoms with E-state index in [4.69, 9.17) is 0 Å². The molecule has 2 aromatic rings. The zero-order chi connectivity index (χ0) is 19.2. The number of rotatable bonds is 2. The van der Waals surface area contributed by atoms with E-state index in [2.05, 4.69) is 45.0 Å². The average molecular weight is 363 g/mol. The van der Waals surface area contributed by atoms with E-state index in [1.807, 2.05) is 12.1 Å². The Morgan fingerprint density at radius 1 is 0.963 bits per heavy atom. The van der Waals surface area contributed by atoms with Crippen molar-refractivity contribution in [2.75, 3.05) is 0 Å². The van der Waals surface area contributed by atoms with Crippen LogP contribution in [0.25, 0.3) is 0 Å². The molecule has 2 nitrogen and oxygen atoms in total. The molecule has 2 aromatic carbocycles. The highest BCUT2D eigenvalue weighted by Gasteiger charge is 2.40. The minimum absolute atomic E-state index is 0.208. The van der Waals surface area contributed by atoms with Crippen LogP contribution >= 0.6 is 0 Å². The molecule has 142 valence electrons. The summed E-state index contributed by atoms with van der Waals surface area (Å²) in [6.45, 7) is 6.79. The van der Waals surface area contributed by atoms with Gasteiger partial charge in [0, 0.05) is 0 Å². The Morgan fingerprint density at radius 3 is 2.19 bits per heavy atom. The summed E-state index contributed by atoms with van der Waals surface area (Å²) in [5.74, 6) is -0.149. The molecule has 4 rings (SSSR count). The summed E-state index contributed by atoms with van der Waals surface area (Å²) in [7, 11) is 0. The number of hydrogen-bond donors (Lipinski definition) is 1. The highest BCUT2D eigenvalue weighted by molar-refractivity contribution is 5.88. The van der Waals surface area contributed by atoms with Gasteiger partial charge in [0.2, 0.25) is 0 Å². The molecule has 1 spiro atoms. The van der Waals surface area contributed by atoms with Crippen LogP contribution in [0.4, 0.5) is 0 Å². The molecule has 0 bridgehead atoms. The van der Waals surface area contributed by atoms with Gasteiger partial charge in [-0.3, -0.25) is 0 Å². The first-order valence-electron chi connectivity index (χ1n) is 10.2. The van der Waals surface area contributed by atoms with Gasteiger partial charge >= 0.3 is 5.97 Å². The molecular weight excluding hydrogens is 332 g/mol. The lowest BCUT2D eigenvalue weighted by Crippen LogP contribution is -2.27. The Hall–Kier alpha value is -2.09. The summed E-state index contributed by atoms with van der Waals surface area (Å²) in [5.41, 5.74) is 6.52. The smallest absolute Gasteiger partial charge is 0.335 e. The van der Waals surface area contributed by atoms with Crippen LogP contribution in [0.3, 0.4) is 0 Å². The minimum atomic E-state index is -0.818. The van der Waals surface area contributed by atoms with Gasteiger partial charge in [-0.15, -0.1) is 0 Å². The molecule has 1 fully saturated rings. The number of carbonyl (C=O) groups is 1. The number of carboxylic acids is 1. The Morgan fingerprint density at radius 2 is 1.59 bits per heavy atom. The predicted octanol–water partition coefficient (Wildman–Crippen LogP) is 6.13. The van der Waals surface area contributed by atoms with E-state index in [1.165, 1.54) is 47.9 Å². The molecule has 1 saturated carbocycles. The third-order valence-corrected chi connectivity index (χ3v) is 6.88. The van der Waals surface area contributed by atoms with Gasteiger partial charge in [-0.2, -0.15) is 0 Å². The summed E-state index contributed by atoms with van der Waals surface area (Å²) in [5, 5.41) is 9.25. The molecular formula is C25H30O2. The van der Waals surface area contributed by atoms with Crippen molar-refractivity contribution < 1.29 is 9.90 Å². The topological polar surface area (TPSA) is 37.3 Å². The third-order valence-electron chi connectivity index (χ3n) is 6.88. The van der Waals surface area contributed by atoms with Crippen molar-refractivity contribution in [1.29, 1.82) is 0 Å². The molecule has 2 aliphatic carbocycles. The zero-order valence-electron chi connectivity index (χ0n) is 16.7. The molecule has 0 atom stereocenters. The Kier molecular flexibility index (Phi) is 4.41. The van der Waals surface area contributed by atoms with E-state index in [1.54, 1.807) is 6.07 Å². The summed E-state index contributed by atoms with van der Waals surface area (Å²) >= 11 is 0. The fourth-order valence-corrected chi connectivity index (χ4v) is 5.14. The van der Waals surface area contributed by atoms with E-state index in [0.29, 0.717) is 16.9 Å². The molecule has 0 heterocycles. The highest BCUT2D eigenvalue weighted by Crippen LogP contribution is 2.50. The molecule has 2 heteroatoms. The van der Waals surface area contributed by atoms with Crippen molar-refractivity contribution in [2.24, 2.45) is 5.41 Å². The predicted molar refractivity (Wildman–Crippen MR) is 110 cm³/mol. The fraction of sp³-hybridized carbons (Fsp3) is 0.480. The van der Waals surface area contributed by atoms with Crippen LogP contribution in [-0.2, 0) is 18.3 Å². The van der Waals surface area contributed by atoms with Crippen LogP contribution in [-0.4, -0.2) is 11.1 Å². The SMILES string of the molecule is CC(C)(C)c1ccc(C2CCC3(CC2)Cc2ccc(C(=O)O)cc2C3)cc1. The summed E-state index contributed by atoms with van der Waals surface area (Å²) in [4.78, 5) is 11.3. The lowest BCUT2D eigenvalue weighted by Gasteiger charge is -2.37. The minimum Gasteiger partial charge on any atom is -0.478 e. The Labute approximate surface area is 162 Å². The third kappa shape index (κ3) is 3.54. The second kappa shape index (κ2) is 6.51. The maximum Gasteiger partial charge on any atom is 0.335 e. The number of hydrogen-bond acceptors (Lipinski definition) is 1. The average Bonchev–Trinajstić information content (AvgIpc) is 2.98. The highest BCUT2D eigenvalue weighted by atomic mass is 16.4. The lowest BCUT2D eigenvalue weighted by atomic mass is 9.67. The molecule has 0 radical (unpaired) electrons. The van der Waals surface area contributed by atoms with Crippen molar-refractivity contribution in [3.8, 4) is 0 Å². The molecule has 2 aliphatic rings. The maximum absolute atomic E-state index is 11.3. The van der Waals surface area contributed by atoms with E-state index >= 15 is 0 Å². The summed E-state index contributed by atoms with van der Waals surface area (Å²) in [6.07, 6.45) is 7.16. The van der Waals surface area contributed by atoms with Gasteiger partial charge < -0.3 is 5.11 Å². The van der Waals surface area contributed by atoms with Gasteiger partial charge in [0.05, 0.1) is 5.56 Å². The van der Waals surface area contributed by atoms with Crippen LogP contribution < -0.4 is 0 Å². The van der Waals surface area contributed by atoms with Crippen LogP contribution in [0.5, 0.6) is 0 Å². The Bertz CT molecular complexity index is 847. The van der Waals surface area contributed by atoms with E-state index in [9.17, 15) is 9.90 Å². The molecule has 0 aliphatic heterocycles. The van der Waals surface area contributed by atoms with Gasteiger partial charge in [0.25, 0.3) is 0 Å². The number of aromatic carboxylic acids is 1. The first-order chi connectivity index (χ1) is 12.8. The summed E-state index contributed by atoms with van der Waals surface area (Å²) < 4.78 is 0. The Balaban J connectivity index is 1.44. The number of benzene rings is 2. The van der Waals surface area contributed by atoms with Crippen molar-refractivity contribution >= 4 is 5.97 Å². The van der Waals surface area contributed by atoms with Gasteiger partial charge in [0.15, 0.2) is 0 Å². The molecule has 0 aromatic heterocycles. The second-order valence-electron chi connectivity index (χ2n) is 9.79. The van der Waals surface area contributed by atoms with Crippen molar-refractivity contribution in [1.82, 2.24) is 0 Å². The standard InChI is InChI=1S/C25H30O2/c1-24(2,3)22-8-6-17(7-9-22)18-10-12-25(13-11-18)15-20-5-4-19(23(26)27)14-21(20)16-25/h4-9,14,18H,10-13,15-16H2,1-3H3,(H,26,27). The van der Waals surface area contributed by atoms with Crippen molar-refractivity contribution in [2.45, 2.75) is 70.6 Å². The van der Waals surface area contributed by atoms with Gasteiger partial charge in [-0.25, -0.2) is 4.79 Å². The van der Waals surface area contributed by atoms with Gasteiger partial charge in [0.1, 0.15) is 0 Å². The van der Waals surface area contributed by atoms with E-state index in [-0.39, 0.29) is 5.41 Å². The second-order valence-corrected chi connectivity index (χ2v) is 9.79. The molecule has 0 saturated heterocycles. The lowest BCUT2D eigenvalue weighted by molar-refractivity contribution is 0.0696. The number of fused-ring (bicyclic) bond motifs is 1. The van der Waals surface area contributed by atoms with Crippen LogP contribution in [0.2, 0.25) is 0 Å². The largest absolute Gasteiger partial charge is 0.478 e. The van der Waals surface area contributed by atoms with Crippen molar-refractivity contribution in [3.63, 3.8) is 0 Å². The molecule has 1 N–H and O–H groups in total.